The zero-order chi connectivity index (χ0) is 23.0. The van der Waals surface area contributed by atoms with Gasteiger partial charge in [0.05, 0.1) is 0 Å². The van der Waals surface area contributed by atoms with E-state index in [1.807, 2.05) is 0 Å². The van der Waals surface area contributed by atoms with E-state index in [0.29, 0.717) is 17.7 Å². The highest BCUT2D eigenvalue weighted by molar-refractivity contribution is 6.27. The quantitative estimate of drug-likeness (QED) is 0.708. The molecule has 3 rings (SSSR count). The Morgan fingerprint density at radius 1 is 0.968 bits per heavy atom. The van der Waals surface area contributed by atoms with Gasteiger partial charge >= 0.3 is 11.9 Å². The van der Waals surface area contributed by atoms with Gasteiger partial charge in [-0.2, -0.15) is 0 Å². The van der Waals surface area contributed by atoms with Crippen LogP contribution in [0.15, 0.2) is 24.3 Å². The summed E-state index contributed by atoms with van der Waals surface area (Å²) in [5, 5.41) is 14.8. The number of aliphatic carboxylic acids is 2. The molecule has 1 unspecified atom stereocenters. The number of carboxylic acids is 2. The fourth-order valence-electron chi connectivity index (χ4n) is 4.25. The Kier molecular flexibility index (Phi) is 9.49. The lowest BCUT2D eigenvalue weighted by atomic mass is 9.92. The Labute approximate surface area is 185 Å². The number of likely N-dealkylation sites (tertiary alicyclic amines) is 2. The fourth-order valence-corrected chi connectivity index (χ4v) is 4.25. The van der Waals surface area contributed by atoms with Crippen LogP contribution in [0.4, 0.5) is 0 Å². The Hall–Kier alpha value is -2.41. The van der Waals surface area contributed by atoms with Crippen molar-refractivity contribution in [2.75, 3.05) is 26.2 Å². The van der Waals surface area contributed by atoms with Crippen LogP contribution in [-0.2, 0) is 20.9 Å². The van der Waals surface area contributed by atoms with Gasteiger partial charge in [0.1, 0.15) is 0 Å². The van der Waals surface area contributed by atoms with Gasteiger partial charge in [-0.1, -0.05) is 45.0 Å². The lowest BCUT2D eigenvalue weighted by molar-refractivity contribution is -0.159. The normalized spacial score (nSPS) is 20.1. The number of rotatable bonds is 4. The van der Waals surface area contributed by atoms with E-state index in [4.69, 9.17) is 19.8 Å². The lowest BCUT2D eigenvalue weighted by Crippen LogP contribution is -2.45. The molecule has 0 aliphatic carbocycles. The van der Waals surface area contributed by atoms with Gasteiger partial charge in [-0.3, -0.25) is 9.69 Å². The monoisotopic (exact) mass is 432 g/mol. The highest BCUT2D eigenvalue weighted by Gasteiger charge is 2.30. The molecule has 31 heavy (non-hydrogen) atoms. The van der Waals surface area contributed by atoms with Crippen LogP contribution in [0, 0.1) is 11.8 Å². The molecule has 0 bridgehead atoms. The zero-order valence-corrected chi connectivity index (χ0v) is 18.9. The highest BCUT2D eigenvalue weighted by atomic mass is 16.4. The molecule has 2 saturated heterocycles. The fraction of sp³-hybridized carbons (Fsp3) is 0.625. The first-order valence-electron chi connectivity index (χ1n) is 11.2. The van der Waals surface area contributed by atoms with Crippen molar-refractivity contribution in [3.63, 3.8) is 0 Å². The van der Waals surface area contributed by atoms with E-state index >= 15 is 0 Å². The highest BCUT2D eigenvalue weighted by Crippen LogP contribution is 2.24. The summed E-state index contributed by atoms with van der Waals surface area (Å²) in [6.07, 6.45) is 4.50. The number of hydrogen-bond donors (Lipinski definition) is 2. The molecule has 0 radical (unpaired) electrons. The van der Waals surface area contributed by atoms with Crippen LogP contribution in [0.1, 0.15) is 63.5 Å². The second kappa shape index (κ2) is 11.8. The van der Waals surface area contributed by atoms with Crippen LogP contribution in [0.2, 0.25) is 0 Å². The molecule has 7 nitrogen and oxygen atoms in total. The number of carboxylic acid groups (broad SMARTS) is 2. The van der Waals surface area contributed by atoms with Crippen LogP contribution >= 0.6 is 0 Å². The Morgan fingerprint density at radius 3 is 2.03 bits per heavy atom. The van der Waals surface area contributed by atoms with Crippen molar-refractivity contribution in [2.24, 2.45) is 11.8 Å². The third-order valence-corrected chi connectivity index (χ3v) is 6.14. The summed E-state index contributed by atoms with van der Waals surface area (Å²) >= 11 is 0. The number of carbonyl (C=O) groups excluding carboxylic acids is 1. The summed E-state index contributed by atoms with van der Waals surface area (Å²) in [7, 11) is 0. The molecule has 2 fully saturated rings. The van der Waals surface area contributed by atoms with E-state index in [0.717, 1.165) is 45.6 Å². The van der Waals surface area contributed by atoms with Crippen molar-refractivity contribution < 1.29 is 24.6 Å². The smallest absolute Gasteiger partial charge is 0.414 e. The van der Waals surface area contributed by atoms with Crippen LogP contribution in [0.5, 0.6) is 0 Å². The van der Waals surface area contributed by atoms with Crippen molar-refractivity contribution in [1.29, 1.82) is 0 Å². The van der Waals surface area contributed by atoms with E-state index < -0.39 is 11.9 Å². The van der Waals surface area contributed by atoms with Gasteiger partial charge in [-0.25, -0.2) is 9.59 Å². The topological polar surface area (TPSA) is 98.2 Å². The second-order valence-electron chi connectivity index (χ2n) is 9.09. The molecule has 0 spiro atoms. The third kappa shape index (κ3) is 7.98. The van der Waals surface area contributed by atoms with Gasteiger partial charge in [-0.15, -0.1) is 0 Å². The largest absolute Gasteiger partial charge is 0.473 e. The SMILES string of the molecule is CC1CCCN(C(=O)C2CCN(Cc3ccc(C(C)C)cc3)CC2)C1.O=C(O)C(=O)O. The molecule has 2 heterocycles. The number of benzene rings is 1. The van der Waals surface area contributed by atoms with Gasteiger partial charge in [0.2, 0.25) is 5.91 Å². The van der Waals surface area contributed by atoms with Gasteiger partial charge in [-0.05, 0) is 61.7 Å². The lowest BCUT2D eigenvalue weighted by Gasteiger charge is -2.37. The molecular weight excluding hydrogens is 396 g/mol. The van der Waals surface area contributed by atoms with Crippen molar-refractivity contribution in [1.82, 2.24) is 9.80 Å². The maximum absolute atomic E-state index is 12.8. The maximum atomic E-state index is 12.8. The Bertz CT molecular complexity index is 727. The maximum Gasteiger partial charge on any atom is 0.414 e. The molecule has 0 saturated carbocycles. The minimum absolute atomic E-state index is 0.255. The van der Waals surface area contributed by atoms with Crippen molar-refractivity contribution in [3.05, 3.63) is 35.4 Å². The predicted octanol–water partition coefficient (Wildman–Crippen LogP) is 3.44. The minimum Gasteiger partial charge on any atom is -0.473 e. The molecule has 0 aromatic heterocycles. The van der Waals surface area contributed by atoms with Crippen molar-refractivity contribution >= 4 is 17.8 Å². The molecular formula is C24H36N2O5. The number of carbonyl (C=O) groups is 3. The average molecular weight is 433 g/mol. The van der Waals surface area contributed by atoms with Crippen molar-refractivity contribution in [3.8, 4) is 0 Å². The Balaban J connectivity index is 0.000000501. The summed E-state index contributed by atoms with van der Waals surface area (Å²) in [4.78, 5) is 35.6. The number of hydrogen-bond acceptors (Lipinski definition) is 4. The van der Waals surface area contributed by atoms with Crippen LogP contribution in [-0.4, -0.2) is 64.0 Å². The summed E-state index contributed by atoms with van der Waals surface area (Å²) < 4.78 is 0. The van der Waals surface area contributed by atoms with Crippen LogP contribution in [0.25, 0.3) is 0 Å². The molecule has 1 aromatic carbocycles. The second-order valence-corrected chi connectivity index (χ2v) is 9.09. The summed E-state index contributed by atoms with van der Waals surface area (Å²) in [5.74, 6) is -1.71. The molecule has 2 aliphatic heterocycles. The van der Waals surface area contributed by atoms with Gasteiger partial charge in [0.25, 0.3) is 0 Å². The molecule has 2 N–H and O–H groups in total. The number of amides is 1. The van der Waals surface area contributed by atoms with E-state index in [2.05, 4.69) is 54.8 Å². The first kappa shape index (κ1) is 24.9. The number of piperidine rings is 2. The van der Waals surface area contributed by atoms with Gasteiger partial charge < -0.3 is 15.1 Å². The van der Waals surface area contributed by atoms with Crippen LogP contribution < -0.4 is 0 Å². The predicted molar refractivity (Wildman–Crippen MR) is 119 cm³/mol. The molecule has 2 aliphatic rings. The Morgan fingerprint density at radius 2 is 1.55 bits per heavy atom. The first-order valence-corrected chi connectivity index (χ1v) is 11.2. The van der Waals surface area contributed by atoms with E-state index in [-0.39, 0.29) is 5.92 Å². The van der Waals surface area contributed by atoms with Crippen molar-refractivity contribution in [2.45, 2.75) is 58.9 Å². The van der Waals surface area contributed by atoms with Gasteiger partial charge in [0.15, 0.2) is 0 Å². The third-order valence-electron chi connectivity index (χ3n) is 6.14. The summed E-state index contributed by atoms with van der Waals surface area (Å²) in [5.41, 5.74) is 2.79. The molecule has 1 aromatic rings. The molecule has 1 atom stereocenters. The zero-order valence-electron chi connectivity index (χ0n) is 18.9. The molecule has 172 valence electrons. The summed E-state index contributed by atoms with van der Waals surface area (Å²) in [6, 6.07) is 9.05. The number of nitrogens with zero attached hydrogens (tertiary/aromatic N) is 2. The van der Waals surface area contributed by atoms with E-state index in [1.165, 1.54) is 24.0 Å². The van der Waals surface area contributed by atoms with Gasteiger partial charge in [0, 0.05) is 25.6 Å². The molecule has 7 heteroatoms. The van der Waals surface area contributed by atoms with E-state index in [9.17, 15) is 4.79 Å². The van der Waals surface area contributed by atoms with E-state index in [1.54, 1.807) is 0 Å². The molecule has 1 amide bonds. The standard InChI is InChI=1S/C22H34N2O.C2H2O4/c1-17(2)20-8-6-19(7-9-20)16-23-13-10-21(11-14-23)22(25)24-12-4-5-18(3)15-24;3-1(4)2(5)6/h6-9,17-18,21H,4-5,10-16H2,1-3H3;(H,3,4)(H,5,6). The average Bonchev–Trinajstić information content (AvgIpc) is 2.74. The first-order chi connectivity index (χ1) is 14.7. The minimum atomic E-state index is -1.82. The summed E-state index contributed by atoms with van der Waals surface area (Å²) in [6.45, 7) is 11.8. The van der Waals surface area contributed by atoms with Crippen LogP contribution in [0.3, 0.4) is 0 Å².